The van der Waals surface area contributed by atoms with E-state index in [1.807, 2.05) is 0 Å². The van der Waals surface area contributed by atoms with Gasteiger partial charge in [0, 0.05) is 11.5 Å². The van der Waals surface area contributed by atoms with E-state index in [4.69, 9.17) is 9.47 Å². The number of carbonyl (C=O) groups excluding carboxylic acids is 1. The summed E-state index contributed by atoms with van der Waals surface area (Å²) in [5, 5.41) is 12.2. The highest BCUT2D eigenvalue weighted by Gasteiger charge is 2.28. The Morgan fingerprint density at radius 3 is 3.12 bits per heavy atom. The van der Waals surface area contributed by atoms with Gasteiger partial charge in [-0.05, 0) is 24.1 Å². The molecular weight excluding hydrogens is 290 g/mol. The quantitative estimate of drug-likeness (QED) is 0.833. The number of hydrogen-bond donors (Lipinski definition) is 2. The number of nitrogens with one attached hydrogen (secondary N) is 1. The largest absolute Gasteiger partial charge is 0.507 e. The first kappa shape index (κ1) is 12.2. The summed E-state index contributed by atoms with van der Waals surface area (Å²) in [6.07, 6.45) is -0.795. The summed E-state index contributed by atoms with van der Waals surface area (Å²) >= 11 is 3.40. The number of phenols is 1. The van der Waals surface area contributed by atoms with E-state index in [-0.39, 0.29) is 5.75 Å². The van der Waals surface area contributed by atoms with Crippen LogP contribution in [-0.4, -0.2) is 24.9 Å². The smallest absolute Gasteiger partial charge is 0.409 e. The van der Waals surface area contributed by atoms with E-state index in [1.54, 1.807) is 6.07 Å². The molecule has 0 fully saturated rings. The second-order valence-corrected chi connectivity index (χ2v) is 4.42. The van der Waals surface area contributed by atoms with Crippen molar-refractivity contribution in [2.24, 2.45) is 0 Å². The van der Waals surface area contributed by atoms with Crippen LogP contribution in [0.25, 0.3) is 0 Å². The molecular formula is C11H12BrNO4. The summed E-state index contributed by atoms with van der Waals surface area (Å²) in [5.74, 6) is 0.0665. The first-order valence-electron chi connectivity index (χ1n) is 5.13. The fourth-order valence-electron chi connectivity index (χ4n) is 1.74. The second-order valence-electron chi connectivity index (χ2n) is 3.57. The molecule has 0 bridgehead atoms. The molecule has 5 nitrogen and oxygen atoms in total. The number of aromatic hydroxyl groups is 1. The Hall–Kier alpha value is -1.27. The monoisotopic (exact) mass is 301 g/mol. The molecule has 1 aliphatic heterocycles. The zero-order chi connectivity index (χ0) is 12.4. The number of benzene rings is 1. The van der Waals surface area contributed by atoms with E-state index in [0.717, 1.165) is 10.0 Å². The average Bonchev–Trinajstić information content (AvgIpc) is 2.34. The Labute approximate surface area is 107 Å². The van der Waals surface area contributed by atoms with Crippen LogP contribution in [0, 0.1) is 0 Å². The highest BCUT2D eigenvalue weighted by atomic mass is 79.9. The number of halogens is 1. The third kappa shape index (κ3) is 2.37. The fourth-order valence-corrected chi connectivity index (χ4v) is 2.29. The predicted molar refractivity (Wildman–Crippen MR) is 63.7 cm³/mol. The van der Waals surface area contributed by atoms with Crippen LogP contribution in [0.1, 0.15) is 17.4 Å². The van der Waals surface area contributed by atoms with Crippen molar-refractivity contribution in [2.75, 3.05) is 13.7 Å². The van der Waals surface area contributed by atoms with E-state index in [2.05, 4.69) is 21.2 Å². The molecule has 0 aliphatic carbocycles. The van der Waals surface area contributed by atoms with Crippen molar-refractivity contribution < 1.29 is 19.4 Å². The van der Waals surface area contributed by atoms with Crippen molar-refractivity contribution >= 4 is 22.0 Å². The average molecular weight is 302 g/mol. The summed E-state index contributed by atoms with van der Waals surface area (Å²) in [6, 6.07) is 3.30. The summed E-state index contributed by atoms with van der Waals surface area (Å²) < 4.78 is 11.3. The van der Waals surface area contributed by atoms with Gasteiger partial charge in [0.25, 0.3) is 0 Å². The number of ether oxygens (including phenoxy) is 2. The molecule has 1 atom stereocenters. The molecule has 1 aliphatic rings. The molecule has 0 aromatic heterocycles. The molecule has 0 radical (unpaired) electrons. The van der Waals surface area contributed by atoms with E-state index in [0.29, 0.717) is 18.6 Å². The highest BCUT2D eigenvalue weighted by molar-refractivity contribution is 9.10. The molecule has 6 heteroatoms. The minimum Gasteiger partial charge on any atom is -0.507 e. The molecule has 1 unspecified atom stereocenters. The first-order valence-corrected chi connectivity index (χ1v) is 5.93. The Kier molecular flexibility index (Phi) is 3.54. The molecule has 2 N–H and O–H groups in total. The van der Waals surface area contributed by atoms with Crippen molar-refractivity contribution in [1.29, 1.82) is 0 Å². The van der Waals surface area contributed by atoms with Crippen LogP contribution in [0.5, 0.6) is 5.75 Å². The lowest BCUT2D eigenvalue weighted by molar-refractivity contribution is -0.115. The number of alkyl carbamates (subject to hydrolysis) is 1. The van der Waals surface area contributed by atoms with Gasteiger partial charge in [0.2, 0.25) is 6.29 Å². The van der Waals surface area contributed by atoms with Gasteiger partial charge in [-0.2, -0.15) is 0 Å². The van der Waals surface area contributed by atoms with E-state index in [1.165, 1.54) is 13.1 Å². The zero-order valence-corrected chi connectivity index (χ0v) is 10.8. The van der Waals surface area contributed by atoms with Crippen LogP contribution in [0.4, 0.5) is 4.79 Å². The minimum atomic E-state index is -0.865. The maximum atomic E-state index is 11.2. The minimum absolute atomic E-state index is 0.0665. The lowest BCUT2D eigenvalue weighted by atomic mass is 10.0. The molecule has 17 heavy (non-hydrogen) atoms. The van der Waals surface area contributed by atoms with E-state index < -0.39 is 12.4 Å². The number of amides is 1. The van der Waals surface area contributed by atoms with Crippen LogP contribution >= 0.6 is 15.9 Å². The summed E-state index contributed by atoms with van der Waals surface area (Å²) in [4.78, 5) is 11.2. The van der Waals surface area contributed by atoms with Crippen LogP contribution in [0.2, 0.25) is 0 Å². The second kappa shape index (κ2) is 4.93. The van der Waals surface area contributed by atoms with Gasteiger partial charge < -0.3 is 19.9 Å². The van der Waals surface area contributed by atoms with Gasteiger partial charge in [0.1, 0.15) is 5.75 Å². The van der Waals surface area contributed by atoms with Gasteiger partial charge >= 0.3 is 6.09 Å². The Bertz CT molecular complexity index is 449. The summed E-state index contributed by atoms with van der Waals surface area (Å²) in [6.45, 7) is 0.441. The number of rotatable bonds is 1. The Morgan fingerprint density at radius 2 is 2.41 bits per heavy atom. The zero-order valence-electron chi connectivity index (χ0n) is 9.20. The molecule has 1 heterocycles. The van der Waals surface area contributed by atoms with Crippen molar-refractivity contribution in [2.45, 2.75) is 12.7 Å². The molecule has 2 rings (SSSR count). The van der Waals surface area contributed by atoms with Gasteiger partial charge in [0.15, 0.2) is 0 Å². The first-order chi connectivity index (χ1) is 8.13. The SMILES string of the molecule is CNC(=O)OC1OCCc2c(Br)ccc(O)c21. The summed E-state index contributed by atoms with van der Waals surface area (Å²) in [5.41, 5.74) is 1.42. The van der Waals surface area contributed by atoms with E-state index >= 15 is 0 Å². The number of phenolic OH excluding ortho intramolecular Hbond substituents is 1. The van der Waals surface area contributed by atoms with Crippen molar-refractivity contribution in [1.82, 2.24) is 5.32 Å². The predicted octanol–water partition coefficient (Wildman–Crippen LogP) is 2.08. The number of carbonyl (C=O) groups is 1. The molecule has 1 aromatic rings. The third-order valence-electron chi connectivity index (χ3n) is 2.55. The van der Waals surface area contributed by atoms with E-state index in [9.17, 15) is 9.90 Å². The topological polar surface area (TPSA) is 67.8 Å². The van der Waals surface area contributed by atoms with Gasteiger partial charge in [-0.1, -0.05) is 15.9 Å². The van der Waals surface area contributed by atoms with Crippen molar-refractivity contribution in [3.63, 3.8) is 0 Å². The summed E-state index contributed by atoms with van der Waals surface area (Å²) in [7, 11) is 1.47. The number of fused-ring (bicyclic) bond motifs is 1. The van der Waals surface area contributed by atoms with Crippen LogP contribution < -0.4 is 5.32 Å². The van der Waals surface area contributed by atoms with Gasteiger partial charge in [-0.25, -0.2) is 4.79 Å². The van der Waals surface area contributed by atoms with Crippen LogP contribution in [0.15, 0.2) is 16.6 Å². The standard InChI is InChI=1S/C11H12BrNO4/c1-13-11(15)17-10-9-6(4-5-16-10)7(12)2-3-8(9)14/h2-3,10,14H,4-5H2,1H3,(H,13,15). The van der Waals surface area contributed by atoms with Gasteiger partial charge in [-0.15, -0.1) is 0 Å². The normalized spacial score (nSPS) is 18.4. The maximum Gasteiger partial charge on any atom is 0.409 e. The molecule has 0 saturated heterocycles. The van der Waals surface area contributed by atoms with Crippen molar-refractivity contribution in [3.05, 3.63) is 27.7 Å². The third-order valence-corrected chi connectivity index (χ3v) is 3.30. The molecule has 1 aromatic carbocycles. The molecule has 1 amide bonds. The van der Waals surface area contributed by atoms with Crippen LogP contribution in [0.3, 0.4) is 0 Å². The fraction of sp³-hybridized carbons (Fsp3) is 0.364. The van der Waals surface area contributed by atoms with Gasteiger partial charge in [0.05, 0.1) is 12.2 Å². The molecule has 0 saturated carbocycles. The number of hydrogen-bond acceptors (Lipinski definition) is 4. The van der Waals surface area contributed by atoms with Crippen molar-refractivity contribution in [3.8, 4) is 5.75 Å². The van der Waals surface area contributed by atoms with Crippen LogP contribution in [-0.2, 0) is 15.9 Å². The van der Waals surface area contributed by atoms with Gasteiger partial charge in [-0.3, -0.25) is 0 Å². The highest BCUT2D eigenvalue weighted by Crippen LogP contribution is 2.38. The Morgan fingerprint density at radius 1 is 1.65 bits per heavy atom. The lowest BCUT2D eigenvalue weighted by Gasteiger charge is -2.26. The molecule has 92 valence electrons. The lowest BCUT2D eigenvalue weighted by Crippen LogP contribution is -2.26. The molecule has 0 spiro atoms. The maximum absolute atomic E-state index is 11.2. The Balaban J connectivity index is 2.36.